The molecule has 2 N–H and O–H groups in total. The van der Waals surface area contributed by atoms with Gasteiger partial charge in [0.1, 0.15) is 0 Å². The summed E-state index contributed by atoms with van der Waals surface area (Å²) < 4.78 is 2.85. The number of halogens is 3. The van der Waals surface area contributed by atoms with E-state index in [0.29, 0.717) is 28.1 Å². The number of rotatable bonds is 8. The maximum Gasteiger partial charge on any atom is 0.253 e. The normalized spacial score (nSPS) is 11.9. The Morgan fingerprint density at radius 2 is 1.82 bits per heavy atom. The lowest BCUT2D eigenvalue weighted by Crippen LogP contribution is -2.29. The van der Waals surface area contributed by atoms with Crippen molar-refractivity contribution < 1.29 is 9.59 Å². The van der Waals surface area contributed by atoms with Gasteiger partial charge in [-0.3, -0.25) is 9.59 Å². The first-order chi connectivity index (χ1) is 16.1. The third kappa shape index (κ3) is 6.33. The first kappa shape index (κ1) is 26.5. The minimum Gasteiger partial charge on any atom is -0.342 e. The summed E-state index contributed by atoms with van der Waals surface area (Å²) in [5.41, 5.74) is 3.10. The third-order valence-electron chi connectivity index (χ3n) is 5.07. The smallest absolute Gasteiger partial charge is 0.253 e. The Morgan fingerprint density at radius 1 is 1.15 bits per heavy atom. The van der Waals surface area contributed by atoms with Gasteiger partial charge >= 0.3 is 0 Å². The average Bonchev–Trinajstić information content (AvgIpc) is 3.17. The fourth-order valence-corrected chi connectivity index (χ4v) is 5.44. The number of carbonyl (C=O) groups excluding carboxylic acids is 2. The van der Waals surface area contributed by atoms with Crippen LogP contribution in [-0.4, -0.2) is 32.3 Å². The molecule has 1 heterocycles. The number of nitrogens with zero attached hydrogens (tertiary/aromatic N) is 3. The van der Waals surface area contributed by atoms with Gasteiger partial charge < -0.3 is 15.2 Å². The molecule has 2 aromatic carbocycles. The lowest BCUT2D eigenvalue weighted by molar-refractivity contribution is -0.113. The van der Waals surface area contributed by atoms with Gasteiger partial charge in [0.25, 0.3) is 5.91 Å². The van der Waals surface area contributed by atoms with Gasteiger partial charge in [-0.2, -0.15) is 0 Å². The minimum absolute atomic E-state index is 0.135. The number of aromatic nitrogens is 3. The lowest BCUT2D eigenvalue weighted by Gasteiger charge is -2.16. The SMILES string of the molecule is CCn1c(SCC(=O)Nc2c(C)cc(Br)cc2C)nnc1[C@H](C)NC(=O)c1ccc(Cl)cc1Cl. The van der Waals surface area contributed by atoms with Crippen LogP contribution in [0, 0.1) is 13.8 Å². The van der Waals surface area contributed by atoms with E-state index in [4.69, 9.17) is 23.2 Å². The summed E-state index contributed by atoms with van der Waals surface area (Å²) >= 11 is 16.8. The number of amides is 2. The molecule has 3 aromatic rings. The average molecular weight is 585 g/mol. The maximum absolute atomic E-state index is 12.7. The highest BCUT2D eigenvalue weighted by atomic mass is 79.9. The summed E-state index contributed by atoms with van der Waals surface area (Å²) in [6.07, 6.45) is 0. The van der Waals surface area contributed by atoms with Crippen molar-refractivity contribution in [2.24, 2.45) is 0 Å². The summed E-state index contributed by atoms with van der Waals surface area (Å²) in [6.45, 7) is 8.26. The molecule has 0 aliphatic rings. The van der Waals surface area contributed by atoms with Gasteiger partial charge in [-0.05, 0) is 69.2 Å². The van der Waals surface area contributed by atoms with Crippen LogP contribution in [0.4, 0.5) is 5.69 Å². The molecule has 3 rings (SSSR count). The Labute approximate surface area is 221 Å². The number of hydrogen-bond donors (Lipinski definition) is 2. The quantitative estimate of drug-likeness (QED) is 0.307. The first-order valence-corrected chi connectivity index (χ1v) is 13.0. The van der Waals surface area contributed by atoms with Crippen LogP contribution in [0.1, 0.15) is 47.2 Å². The Hall–Kier alpha value is -2.07. The van der Waals surface area contributed by atoms with Crippen LogP contribution in [0.2, 0.25) is 10.0 Å². The van der Waals surface area contributed by atoms with E-state index in [2.05, 4.69) is 36.8 Å². The van der Waals surface area contributed by atoms with E-state index in [1.807, 2.05) is 44.4 Å². The molecule has 0 aliphatic heterocycles. The van der Waals surface area contributed by atoms with Gasteiger partial charge in [-0.25, -0.2) is 0 Å². The topological polar surface area (TPSA) is 88.9 Å². The third-order valence-corrected chi connectivity index (χ3v) is 7.04. The summed E-state index contributed by atoms with van der Waals surface area (Å²) in [6, 6.07) is 8.20. The van der Waals surface area contributed by atoms with Crippen LogP contribution >= 0.6 is 50.9 Å². The molecular formula is C23H24BrCl2N5O2S. The number of thioether (sulfide) groups is 1. The van der Waals surface area contributed by atoms with Gasteiger partial charge in [0, 0.05) is 21.7 Å². The molecule has 2 amide bonds. The molecule has 1 aromatic heterocycles. The van der Waals surface area contributed by atoms with Crippen LogP contribution in [0.5, 0.6) is 0 Å². The molecule has 1 atom stereocenters. The molecule has 0 spiro atoms. The highest BCUT2D eigenvalue weighted by Gasteiger charge is 2.21. The molecule has 0 aliphatic carbocycles. The van der Waals surface area contributed by atoms with Crippen LogP contribution in [-0.2, 0) is 11.3 Å². The van der Waals surface area contributed by atoms with Crippen molar-refractivity contribution in [3.05, 3.63) is 67.4 Å². The molecular weight excluding hydrogens is 561 g/mol. The lowest BCUT2D eigenvalue weighted by atomic mass is 10.1. The fraction of sp³-hybridized carbons (Fsp3) is 0.304. The van der Waals surface area contributed by atoms with Gasteiger partial charge in [0.05, 0.1) is 22.4 Å². The summed E-state index contributed by atoms with van der Waals surface area (Å²) in [4.78, 5) is 25.3. The van der Waals surface area contributed by atoms with E-state index < -0.39 is 6.04 Å². The number of benzene rings is 2. The number of nitrogens with one attached hydrogen (secondary N) is 2. The molecule has 0 bridgehead atoms. The monoisotopic (exact) mass is 583 g/mol. The Morgan fingerprint density at radius 3 is 2.44 bits per heavy atom. The van der Waals surface area contributed by atoms with E-state index in [0.717, 1.165) is 21.3 Å². The van der Waals surface area contributed by atoms with Crippen molar-refractivity contribution in [2.45, 2.75) is 45.4 Å². The van der Waals surface area contributed by atoms with Gasteiger partial charge in [-0.15, -0.1) is 10.2 Å². The predicted octanol–water partition coefficient (Wildman–Crippen LogP) is 6.21. The number of anilines is 1. The van der Waals surface area contributed by atoms with E-state index in [9.17, 15) is 9.59 Å². The number of carbonyl (C=O) groups is 2. The second kappa shape index (κ2) is 11.6. The standard InChI is InChI=1S/C23H24BrCl2N5O2S/c1-5-31-21(14(4)27-22(33)17-7-6-16(25)10-18(17)26)29-30-23(31)34-11-19(32)28-20-12(2)8-15(24)9-13(20)3/h6-10,14H,5,11H2,1-4H3,(H,27,33)(H,28,32)/t14-/m0/s1. The zero-order valence-corrected chi connectivity index (χ0v) is 23.0. The highest BCUT2D eigenvalue weighted by Crippen LogP contribution is 2.27. The van der Waals surface area contributed by atoms with Crippen molar-refractivity contribution in [2.75, 3.05) is 11.1 Å². The van der Waals surface area contributed by atoms with Gasteiger partial charge in [-0.1, -0.05) is 50.9 Å². The fourth-order valence-electron chi connectivity index (χ4n) is 3.45. The Bertz CT molecular complexity index is 1210. The van der Waals surface area contributed by atoms with E-state index in [-0.39, 0.29) is 22.6 Å². The van der Waals surface area contributed by atoms with Crippen molar-refractivity contribution in [1.82, 2.24) is 20.1 Å². The molecule has 0 saturated heterocycles. The second-order valence-electron chi connectivity index (χ2n) is 7.66. The van der Waals surface area contributed by atoms with Crippen LogP contribution in [0.25, 0.3) is 0 Å². The molecule has 180 valence electrons. The predicted molar refractivity (Wildman–Crippen MR) is 141 cm³/mol. The number of aryl methyl sites for hydroxylation is 2. The highest BCUT2D eigenvalue weighted by molar-refractivity contribution is 9.10. The molecule has 34 heavy (non-hydrogen) atoms. The summed E-state index contributed by atoms with van der Waals surface area (Å²) in [5.74, 6) is 0.287. The van der Waals surface area contributed by atoms with Crippen LogP contribution in [0.15, 0.2) is 40.0 Å². The maximum atomic E-state index is 12.7. The van der Waals surface area contributed by atoms with Crippen LogP contribution < -0.4 is 10.6 Å². The zero-order chi connectivity index (χ0) is 25.0. The van der Waals surface area contributed by atoms with Crippen molar-refractivity contribution in [3.8, 4) is 0 Å². The summed E-state index contributed by atoms with van der Waals surface area (Å²) in [7, 11) is 0. The molecule has 11 heteroatoms. The Kier molecular flexibility index (Phi) is 9.03. The molecule has 0 saturated carbocycles. The number of hydrogen-bond acceptors (Lipinski definition) is 5. The minimum atomic E-state index is -0.428. The van der Waals surface area contributed by atoms with Gasteiger partial charge in [0.2, 0.25) is 5.91 Å². The van der Waals surface area contributed by atoms with Gasteiger partial charge in [0.15, 0.2) is 11.0 Å². The first-order valence-electron chi connectivity index (χ1n) is 10.5. The second-order valence-corrected chi connectivity index (χ2v) is 10.4. The van der Waals surface area contributed by atoms with E-state index >= 15 is 0 Å². The Balaban J connectivity index is 1.66. The molecule has 0 radical (unpaired) electrons. The van der Waals surface area contributed by atoms with Crippen LogP contribution in [0.3, 0.4) is 0 Å². The largest absolute Gasteiger partial charge is 0.342 e. The molecule has 0 fully saturated rings. The molecule has 0 unspecified atom stereocenters. The van der Waals surface area contributed by atoms with Crippen molar-refractivity contribution >= 4 is 68.4 Å². The summed E-state index contributed by atoms with van der Waals surface area (Å²) in [5, 5.41) is 15.7. The van der Waals surface area contributed by atoms with Crippen molar-refractivity contribution in [3.63, 3.8) is 0 Å². The zero-order valence-electron chi connectivity index (χ0n) is 19.1. The van der Waals surface area contributed by atoms with E-state index in [1.165, 1.54) is 17.8 Å². The molecule has 7 nitrogen and oxygen atoms in total. The van der Waals surface area contributed by atoms with Crippen molar-refractivity contribution in [1.29, 1.82) is 0 Å². The van der Waals surface area contributed by atoms with E-state index in [1.54, 1.807) is 12.1 Å².